The first-order valence-corrected chi connectivity index (χ1v) is 9.29. The first kappa shape index (κ1) is 17.1. The van der Waals surface area contributed by atoms with Crippen LogP contribution < -0.4 is 5.32 Å². The first-order chi connectivity index (χ1) is 12.2. The minimum absolute atomic E-state index is 0.0579. The van der Waals surface area contributed by atoms with E-state index in [1.54, 1.807) is 17.8 Å². The number of rotatable bonds is 6. The number of benzene rings is 1. The molecular weight excluding hydrogens is 356 g/mol. The average molecular weight is 370 g/mol. The molecule has 3 aromatic rings. The molecule has 25 heavy (non-hydrogen) atoms. The normalized spacial score (nSPS) is 11.7. The fraction of sp³-hybridized carbons (Fsp3) is 0.188. The van der Waals surface area contributed by atoms with Gasteiger partial charge in [-0.25, -0.2) is 0 Å². The second-order valence-corrected chi connectivity index (χ2v) is 7.16. The number of para-hydroxylation sites is 1. The van der Waals surface area contributed by atoms with Crippen LogP contribution in [0.4, 0.5) is 5.69 Å². The minimum atomic E-state index is -0.220. The molecule has 0 bridgehead atoms. The van der Waals surface area contributed by atoms with Gasteiger partial charge in [-0.15, -0.1) is 28.2 Å². The number of thiophene rings is 1. The van der Waals surface area contributed by atoms with Gasteiger partial charge in [-0.05, 0) is 40.9 Å². The van der Waals surface area contributed by atoms with E-state index in [1.165, 1.54) is 22.3 Å². The first-order valence-electron chi connectivity index (χ1n) is 7.42. The van der Waals surface area contributed by atoms with Gasteiger partial charge in [0.15, 0.2) is 0 Å². The van der Waals surface area contributed by atoms with Gasteiger partial charge in [0.2, 0.25) is 0 Å². The number of tetrazole rings is 1. The van der Waals surface area contributed by atoms with Crippen molar-refractivity contribution in [3.8, 4) is 11.8 Å². The van der Waals surface area contributed by atoms with Gasteiger partial charge >= 0.3 is 0 Å². The maximum atomic E-state index is 12.7. The fourth-order valence-corrected chi connectivity index (χ4v) is 3.78. The van der Waals surface area contributed by atoms with Crippen LogP contribution in [0.3, 0.4) is 0 Å². The van der Waals surface area contributed by atoms with Crippen LogP contribution in [0.1, 0.15) is 16.6 Å². The minimum Gasteiger partial charge on any atom is -0.320 e. The van der Waals surface area contributed by atoms with E-state index in [0.29, 0.717) is 16.3 Å². The van der Waals surface area contributed by atoms with E-state index in [0.717, 1.165) is 10.6 Å². The van der Waals surface area contributed by atoms with Crippen LogP contribution in [-0.2, 0) is 0 Å². The Kier molecular flexibility index (Phi) is 5.42. The highest BCUT2D eigenvalue weighted by Gasteiger charge is 2.17. The van der Waals surface area contributed by atoms with E-state index >= 15 is 0 Å². The molecule has 3 rings (SSSR count). The van der Waals surface area contributed by atoms with Gasteiger partial charge < -0.3 is 5.32 Å². The van der Waals surface area contributed by atoms with Gasteiger partial charge in [0, 0.05) is 10.6 Å². The molecule has 0 unspecified atom stereocenters. The maximum Gasteiger partial charge on any atom is 0.267 e. The fourth-order valence-electron chi connectivity index (χ4n) is 2.05. The molecule has 2 heterocycles. The van der Waals surface area contributed by atoms with Gasteiger partial charge in [-0.3, -0.25) is 4.79 Å². The number of nitriles is 1. The van der Waals surface area contributed by atoms with Crippen molar-refractivity contribution in [2.24, 2.45) is 5.92 Å². The molecule has 9 heteroatoms. The van der Waals surface area contributed by atoms with Crippen molar-refractivity contribution in [2.45, 2.75) is 11.8 Å². The number of thioether (sulfide) groups is 1. The van der Waals surface area contributed by atoms with E-state index in [4.69, 9.17) is 5.26 Å². The van der Waals surface area contributed by atoms with Crippen LogP contribution in [0.15, 0.2) is 46.9 Å². The highest BCUT2D eigenvalue weighted by atomic mass is 32.2. The lowest BCUT2D eigenvalue weighted by Gasteiger charge is -2.11. The predicted octanol–water partition coefficient (Wildman–Crippen LogP) is 3.23. The zero-order chi connectivity index (χ0) is 17.6. The summed E-state index contributed by atoms with van der Waals surface area (Å²) in [4.78, 5) is 14.1. The maximum absolute atomic E-state index is 12.7. The Bertz CT molecular complexity index is 899. The van der Waals surface area contributed by atoms with E-state index in [-0.39, 0.29) is 11.8 Å². The standard InChI is InChI=1S/C16H14N6OS2/c1-11(8-17)9-25-14-5-3-2-4-12(14)19-16(23)15-13(6-7-24-15)22-10-18-20-21-22/h2-7,10-11H,9H2,1H3,(H,19,23)/t11-/m1/s1. The number of amides is 1. The summed E-state index contributed by atoms with van der Waals surface area (Å²) >= 11 is 2.87. The second-order valence-electron chi connectivity index (χ2n) is 5.18. The summed E-state index contributed by atoms with van der Waals surface area (Å²) in [6.07, 6.45) is 1.45. The Morgan fingerprint density at radius 1 is 1.44 bits per heavy atom. The predicted molar refractivity (Wildman–Crippen MR) is 96.9 cm³/mol. The van der Waals surface area contributed by atoms with Gasteiger partial charge in [0.05, 0.1) is 23.4 Å². The van der Waals surface area contributed by atoms with E-state index in [1.807, 2.05) is 36.6 Å². The number of aromatic nitrogens is 4. The smallest absolute Gasteiger partial charge is 0.267 e. The van der Waals surface area contributed by atoms with Crippen LogP contribution in [0.25, 0.3) is 5.69 Å². The number of nitrogens with one attached hydrogen (secondary N) is 1. The second kappa shape index (κ2) is 7.92. The zero-order valence-electron chi connectivity index (χ0n) is 13.3. The molecule has 0 spiro atoms. The molecule has 0 aliphatic heterocycles. The monoisotopic (exact) mass is 370 g/mol. The Morgan fingerprint density at radius 2 is 2.28 bits per heavy atom. The molecule has 1 amide bonds. The van der Waals surface area contributed by atoms with E-state index < -0.39 is 0 Å². The van der Waals surface area contributed by atoms with E-state index in [2.05, 4.69) is 26.9 Å². The lowest BCUT2D eigenvalue weighted by atomic mass is 10.3. The van der Waals surface area contributed by atoms with Crippen molar-refractivity contribution in [3.05, 3.63) is 46.9 Å². The van der Waals surface area contributed by atoms with Crippen molar-refractivity contribution in [3.63, 3.8) is 0 Å². The summed E-state index contributed by atoms with van der Waals surface area (Å²) in [5.74, 6) is 0.387. The topological polar surface area (TPSA) is 96.5 Å². The number of carbonyl (C=O) groups is 1. The molecule has 0 aliphatic carbocycles. The molecule has 1 aromatic carbocycles. The molecular formula is C16H14N6OS2. The summed E-state index contributed by atoms with van der Waals surface area (Å²) in [6, 6.07) is 11.6. The summed E-state index contributed by atoms with van der Waals surface area (Å²) in [7, 11) is 0. The van der Waals surface area contributed by atoms with Crippen LogP contribution in [0, 0.1) is 17.2 Å². The molecule has 0 radical (unpaired) electrons. The molecule has 1 N–H and O–H groups in total. The lowest BCUT2D eigenvalue weighted by Crippen LogP contribution is -2.13. The number of hydrogen-bond donors (Lipinski definition) is 1. The number of carbonyl (C=O) groups excluding carboxylic acids is 1. The van der Waals surface area contributed by atoms with Gasteiger partial charge in [0.1, 0.15) is 11.2 Å². The summed E-state index contributed by atoms with van der Waals surface area (Å²) in [5.41, 5.74) is 1.36. The highest BCUT2D eigenvalue weighted by molar-refractivity contribution is 7.99. The Morgan fingerprint density at radius 3 is 3.04 bits per heavy atom. The molecule has 0 aliphatic rings. The average Bonchev–Trinajstić information content (AvgIpc) is 3.31. The molecule has 0 fully saturated rings. The third-order valence-electron chi connectivity index (χ3n) is 3.29. The Labute approximate surface area is 152 Å². The van der Waals surface area contributed by atoms with Crippen LogP contribution in [-0.4, -0.2) is 31.9 Å². The lowest BCUT2D eigenvalue weighted by molar-refractivity contribution is 0.103. The molecule has 0 saturated heterocycles. The van der Waals surface area contributed by atoms with Crippen molar-refractivity contribution in [1.82, 2.24) is 20.2 Å². The van der Waals surface area contributed by atoms with Gasteiger partial charge in [-0.1, -0.05) is 12.1 Å². The highest BCUT2D eigenvalue weighted by Crippen LogP contribution is 2.30. The third kappa shape index (κ3) is 4.04. The molecule has 126 valence electrons. The number of nitrogens with zero attached hydrogens (tertiary/aromatic N) is 5. The summed E-state index contributed by atoms with van der Waals surface area (Å²) in [5, 5.41) is 24.7. The van der Waals surface area contributed by atoms with E-state index in [9.17, 15) is 4.79 Å². The molecule has 0 saturated carbocycles. The van der Waals surface area contributed by atoms with Crippen molar-refractivity contribution in [2.75, 3.05) is 11.1 Å². The van der Waals surface area contributed by atoms with Gasteiger partial charge in [0.25, 0.3) is 5.91 Å². The SMILES string of the molecule is C[C@H](C#N)CSc1ccccc1NC(=O)c1sccc1-n1cnnn1. The van der Waals surface area contributed by atoms with Crippen molar-refractivity contribution >= 4 is 34.7 Å². The number of anilines is 1. The molecule has 7 nitrogen and oxygen atoms in total. The van der Waals surface area contributed by atoms with Gasteiger partial charge in [-0.2, -0.15) is 9.94 Å². The Balaban J connectivity index is 1.79. The summed E-state index contributed by atoms with van der Waals surface area (Å²) < 4.78 is 1.46. The quantitative estimate of drug-likeness (QED) is 0.669. The zero-order valence-corrected chi connectivity index (χ0v) is 14.9. The van der Waals surface area contributed by atoms with Crippen LogP contribution >= 0.6 is 23.1 Å². The summed E-state index contributed by atoms with van der Waals surface area (Å²) in [6.45, 7) is 1.87. The molecule has 1 atom stereocenters. The largest absolute Gasteiger partial charge is 0.320 e. The van der Waals surface area contributed by atoms with Crippen LogP contribution in [0.5, 0.6) is 0 Å². The third-order valence-corrected chi connectivity index (χ3v) is 5.53. The van der Waals surface area contributed by atoms with Crippen molar-refractivity contribution < 1.29 is 4.79 Å². The van der Waals surface area contributed by atoms with Crippen molar-refractivity contribution in [1.29, 1.82) is 5.26 Å². The van der Waals surface area contributed by atoms with Crippen LogP contribution in [0.2, 0.25) is 0 Å². The number of hydrogen-bond acceptors (Lipinski definition) is 7. The molecule has 2 aromatic heterocycles. The Hall–Kier alpha value is -2.70.